The van der Waals surface area contributed by atoms with Crippen molar-refractivity contribution in [3.63, 3.8) is 0 Å². The number of alkyl halides is 2. The van der Waals surface area contributed by atoms with E-state index in [9.17, 15) is 19.2 Å². The zero-order chi connectivity index (χ0) is 57.0. The number of benzene rings is 2. The molecule has 1 saturated heterocycles. The molecule has 2 atom stereocenters. The fourth-order valence-electron chi connectivity index (χ4n) is 8.99. The number of hydrogen-bond acceptors (Lipinski definition) is 15. The lowest BCUT2D eigenvalue weighted by Gasteiger charge is -2.20. The molecule has 1 aliphatic heterocycles. The second-order valence-electron chi connectivity index (χ2n) is 17.6. The van der Waals surface area contributed by atoms with Crippen LogP contribution in [0.25, 0.3) is 22.3 Å². The lowest BCUT2D eigenvalue weighted by atomic mass is 9.95. The van der Waals surface area contributed by atoms with Crippen LogP contribution in [0.1, 0.15) is 106 Å². The summed E-state index contributed by atoms with van der Waals surface area (Å²) >= 11 is 15.9. The molecule has 4 aromatic carbocycles. The van der Waals surface area contributed by atoms with Crippen LogP contribution in [0.3, 0.4) is 0 Å². The molecule has 19 heteroatoms. The van der Waals surface area contributed by atoms with Crippen molar-refractivity contribution < 1.29 is 52.2 Å². The average molecular weight is 1130 g/mol. The van der Waals surface area contributed by atoms with E-state index in [1.165, 1.54) is 52.8 Å². The fourth-order valence-corrected chi connectivity index (χ4v) is 9.39. The number of rotatable bonds is 18. The number of hydrogen-bond donors (Lipinski definition) is 2. The predicted octanol–water partition coefficient (Wildman–Crippen LogP) is 10.5. The van der Waals surface area contributed by atoms with Gasteiger partial charge in [0.05, 0.1) is 62.9 Å². The van der Waals surface area contributed by atoms with Gasteiger partial charge in [-0.3, -0.25) is 19.2 Å². The first-order valence-corrected chi connectivity index (χ1v) is 27.3. The third kappa shape index (κ3) is 18.6. The van der Waals surface area contributed by atoms with Crippen LogP contribution >= 0.6 is 34.8 Å². The molecule has 1 fully saturated rings. The third-order valence-corrected chi connectivity index (χ3v) is 13.8. The van der Waals surface area contributed by atoms with Gasteiger partial charge in [0.1, 0.15) is 0 Å². The standard InChI is InChI=1S/C24H28ClNO6.C20H23NO5.C6H15N.C4H6Cl2O.C4H8O/c1-29-19-10-8-15-16(13-18(19)27)17(26-21(28)6-5-11-25)9-7-14-12-20(30-2)23(31-3)24(32-4)22(14)15;1-23-16-8-6-12-13(10-15(16)22)14(21)7-5-11-9-17(24-2)19(25-3)20(26-4)18(11)12;1-4-7(5-2)6-3;5-3-1-2-4(6)7;1-2-4-5-3-1/h8,10,12-13,17H,5-7,9,11H2,1-4H3,(H,26,28);6,8-10,14H,5,7,21H2,1-4H3;4-6H2,1-3H3;1-3H2;1-4H2/t17-;14-;;;/m00.../s1. The molecule has 0 aromatic heterocycles. The summed E-state index contributed by atoms with van der Waals surface area (Å²) in [7, 11) is 12.4. The number of methoxy groups -OCH3 is 8. The summed E-state index contributed by atoms with van der Waals surface area (Å²) < 4.78 is 49.0. The van der Waals surface area contributed by atoms with Crippen LogP contribution in [0.5, 0.6) is 46.0 Å². The van der Waals surface area contributed by atoms with E-state index in [1.54, 1.807) is 60.9 Å². The highest BCUT2D eigenvalue weighted by molar-refractivity contribution is 6.63. The number of carbonyl (C=O) groups is 2. The van der Waals surface area contributed by atoms with Crippen LogP contribution < -0.4 is 59.8 Å². The number of amides is 1. The van der Waals surface area contributed by atoms with Gasteiger partial charge in [-0.15, -0.1) is 23.2 Å². The summed E-state index contributed by atoms with van der Waals surface area (Å²) in [6.07, 6.45) is 7.20. The maximum Gasteiger partial charge on any atom is 0.221 e. The summed E-state index contributed by atoms with van der Waals surface area (Å²) in [6, 6.07) is 13.3. The Balaban J connectivity index is 0.000000305. The van der Waals surface area contributed by atoms with Crippen LogP contribution in [0.2, 0.25) is 0 Å². The van der Waals surface area contributed by atoms with Crippen LogP contribution in [0, 0.1) is 0 Å². The summed E-state index contributed by atoms with van der Waals surface area (Å²) in [6.45, 7) is 12.1. The zero-order valence-electron chi connectivity index (χ0n) is 46.8. The maximum absolute atomic E-state index is 12.8. The van der Waals surface area contributed by atoms with Crippen LogP contribution in [0.4, 0.5) is 0 Å². The number of fused-ring (bicyclic) bond motifs is 6. The van der Waals surface area contributed by atoms with Gasteiger partial charge in [-0.2, -0.15) is 0 Å². The Bertz CT molecular complexity index is 2620. The Kier molecular flexibility index (Phi) is 30.0. The summed E-state index contributed by atoms with van der Waals surface area (Å²) in [5, 5.41) is 2.77. The van der Waals surface area contributed by atoms with Crippen molar-refractivity contribution in [1.82, 2.24) is 10.2 Å². The Morgan fingerprint density at radius 2 is 1.03 bits per heavy atom. The van der Waals surface area contributed by atoms with E-state index in [2.05, 4.69) is 31.0 Å². The smallest absolute Gasteiger partial charge is 0.221 e. The highest BCUT2D eigenvalue weighted by atomic mass is 35.5. The van der Waals surface area contributed by atoms with Crippen molar-refractivity contribution in [2.45, 2.75) is 97.1 Å². The zero-order valence-corrected chi connectivity index (χ0v) is 49.0. The fraction of sp³-hybridized carbons (Fsp3) is 0.517. The van der Waals surface area contributed by atoms with Crippen molar-refractivity contribution >= 4 is 46.0 Å². The van der Waals surface area contributed by atoms with Crippen molar-refractivity contribution in [3.05, 3.63) is 91.2 Å². The van der Waals surface area contributed by atoms with Gasteiger partial charge in [-0.25, -0.2) is 0 Å². The highest BCUT2D eigenvalue weighted by Crippen LogP contribution is 2.51. The first kappa shape index (κ1) is 65.8. The third-order valence-electron chi connectivity index (χ3n) is 13.0. The topological polar surface area (TPSA) is 193 Å². The normalized spacial score (nSPS) is 14.5. The van der Waals surface area contributed by atoms with Gasteiger partial charge in [0.25, 0.3) is 0 Å². The molecule has 16 nitrogen and oxygen atoms in total. The molecule has 0 radical (unpaired) electrons. The van der Waals surface area contributed by atoms with E-state index >= 15 is 0 Å². The molecule has 3 N–H and O–H groups in total. The lowest BCUT2D eigenvalue weighted by molar-refractivity contribution is -0.122. The molecule has 1 amide bonds. The van der Waals surface area contributed by atoms with E-state index in [4.69, 9.17) is 83.2 Å². The molecule has 0 unspecified atom stereocenters. The molecule has 0 saturated carbocycles. The van der Waals surface area contributed by atoms with Crippen molar-refractivity contribution in [3.8, 4) is 68.2 Å². The van der Waals surface area contributed by atoms with E-state index in [-0.39, 0.29) is 45.6 Å². The SMILES string of the molecule is C1CCOC1.CCN(CC)CC.COc1cc2c(c(OC)c1OC)-c1ccc(OC)c(=O)cc1[C@@H](N)CC2.COc1cc2c(c(OC)c1OC)-c1ccc(OC)c(=O)cc1[C@@H](NC(=O)CCCCl)CC2.O=C(Cl)CCCCl. The molecule has 426 valence electrons. The van der Waals surface area contributed by atoms with Crippen molar-refractivity contribution in [2.24, 2.45) is 5.73 Å². The number of carbonyl (C=O) groups excluding carboxylic acids is 2. The van der Waals surface area contributed by atoms with E-state index < -0.39 is 0 Å². The van der Waals surface area contributed by atoms with Crippen LogP contribution in [-0.4, -0.2) is 118 Å². The molecule has 2 aliphatic carbocycles. The quantitative estimate of drug-likeness (QED) is 0.0706. The average Bonchev–Trinajstić information content (AvgIpc) is 3.84. The Morgan fingerprint density at radius 3 is 1.39 bits per heavy atom. The maximum atomic E-state index is 12.8. The Hall–Kier alpha value is -5.49. The minimum atomic E-state index is -0.369. The summed E-state index contributed by atoms with van der Waals surface area (Å²) in [4.78, 5) is 50.0. The summed E-state index contributed by atoms with van der Waals surface area (Å²) in [5.41, 5.74) is 12.7. The van der Waals surface area contributed by atoms with Gasteiger partial charge in [-0.05, 0) is 152 Å². The van der Waals surface area contributed by atoms with Gasteiger partial charge >= 0.3 is 0 Å². The van der Waals surface area contributed by atoms with Crippen LogP contribution in [-0.2, 0) is 27.2 Å². The van der Waals surface area contributed by atoms with Gasteiger partial charge in [-0.1, -0.05) is 32.9 Å². The largest absolute Gasteiger partial charge is 0.493 e. The molecule has 77 heavy (non-hydrogen) atoms. The van der Waals surface area contributed by atoms with E-state index in [0.717, 1.165) is 58.6 Å². The number of ether oxygens (including phenoxy) is 9. The van der Waals surface area contributed by atoms with E-state index in [1.807, 2.05) is 24.3 Å². The number of halogens is 3. The number of nitrogens with two attached hydrogens (primary N) is 1. The number of aryl methyl sites for hydroxylation is 2. The molecule has 3 aliphatic rings. The van der Waals surface area contributed by atoms with E-state index in [0.29, 0.717) is 96.8 Å². The van der Waals surface area contributed by atoms with Crippen LogP contribution in [0.15, 0.2) is 58.1 Å². The van der Waals surface area contributed by atoms with Gasteiger partial charge in [0.15, 0.2) is 34.5 Å². The number of nitrogens with one attached hydrogen (secondary N) is 1. The first-order valence-electron chi connectivity index (χ1n) is 25.9. The van der Waals surface area contributed by atoms with Crippen molar-refractivity contribution in [1.29, 1.82) is 0 Å². The Morgan fingerprint density at radius 1 is 0.597 bits per heavy atom. The second kappa shape index (κ2) is 35.1. The molecular formula is C58H80Cl3N3O13. The monoisotopic (exact) mass is 1130 g/mol. The lowest BCUT2D eigenvalue weighted by Crippen LogP contribution is -2.29. The molecular weight excluding hydrogens is 1050 g/mol. The van der Waals surface area contributed by atoms with Gasteiger partial charge in [0.2, 0.25) is 33.5 Å². The first-order chi connectivity index (χ1) is 37.1. The van der Waals surface area contributed by atoms with Gasteiger partial charge in [0, 0.05) is 55.0 Å². The second-order valence-corrected chi connectivity index (χ2v) is 18.8. The van der Waals surface area contributed by atoms with Gasteiger partial charge < -0.3 is 58.6 Å². The molecule has 0 spiro atoms. The minimum absolute atomic E-state index is 0.111. The summed E-state index contributed by atoms with van der Waals surface area (Å²) in [5.74, 6) is 4.50. The molecule has 7 rings (SSSR count). The Labute approximate surface area is 470 Å². The highest BCUT2D eigenvalue weighted by Gasteiger charge is 2.31. The molecule has 0 bridgehead atoms. The number of nitrogens with zero attached hydrogens (tertiary/aromatic N) is 1. The molecule has 1 heterocycles. The van der Waals surface area contributed by atoms with Crippen molar-refractivity contribution in [2.75, 3.05) is 101 Å². The molecule has 4 aromatic rings. The minimum Gasteiger partial charge on any atom is -0.493 e. The predicted molar refractivity (Wildman–Crippen MR) is 307 cm³/mol.